The summed E-state index contributed by atoms with van der Waals surface area (Å²) in [4.78, 5) is -0.370. The summed E-state index contributed by atoms with van der Waals surface area (Å²) in [5.74, 6) is 0. The molecule has 0 N–H and O–H groups in total. The van der Waals surface area contributed by atoms with Gasteiger partial charge in [-0.1, -0.05) is 6.07 Å². The number of rotatable bonds is 1. The summed E-state index contributed by atoms with van der Waals surface area (Å²) in [5, 5.41) is 0. The van der Waals surface area contributed by atoms with E-state index in [-0.39, 0.29) is 13.8 Å². The summed E-state index contributed by atoms with van der Waals surface area (Å²) in [6.07, 6.45) is 0. The average molecular weight is 318 g/mol. The van der Waals surface area contributed by atoms with Crippen LogP contribution in [0.3, 0.4) is 0 Å². The molecule has 0 heterocycles. The van der Waals surface area contributed by atoms with Crippen LogP contribution in [0, 0.1) is 0 Å². The molecule has 0 bridgehead atoms. The molecule has 0 aliphatic heterocycles. The van der Waals surface area contributed by atoms with Crippen LogP contribution in [0.25, 0.3) is 0 Å². The van der Waals surface area contributed by atoms with E-state index < -0.39 is 10.2 Å². The number of halogens is 3. The second-order valence-corrected chi connectivity index (χ2v) is 4.98. The minimum absolute atomic E-state index is 0.208. The van der Waals surface area contributed by atoms with E-state index in [2.05, 4.69) is 31.9 Å². The van der Waals surface area contributed by atoms with Crippen molar-refractivity contribution in [2.45, 2.75) is 4.90 Å². The second-order valence-electron chi connectivity index (χ2n) is 1.99. The molecule has 6 heteroatoms. The predicted molar refractivity (Wildman–Crippen MR) is 50.1 cm³/mol. The first-order valence-corrected chi connectivity index (χ1v) is 5.78. The van der Waals surface area contributed by atoms with Crippen LogP contribution >= 0.6 is 31.9 Å². The van der Waals surface area contributed by atoms with E-state index >= 15 is 0 Å². The lowest BCUT2D eigenvalue weighted by atomic mass is 10.4. The van der Waals surface area contributed by atoms with Gasteiger partial charge in [0.15, 0.2) is 0 Å². The molecule has 1 rings (SSSR count). The van der Waals surface area contributed by atoms with Crippen molar-refractivity contribution in [3.8, 4) is 0 Å². The van der Waals surface area contributed by atoms with Gasteiger partial charge in [-0.05, 0) is 44.0 Å². The van der Waals surface area contributed by atoms with Gasteiger partial charge in [0.25, 0.3) is 0 Å². The summed E-state index contributed by atoms with van der Waals surface area (Å²) < 4.78 is 34.1. The minimum Gasteiger partial charge on any atom is -0.189 e. The molecule has 0 aromatic heterocycles. The molecule has 0 spiro atoms. The van der Waals surface area contributed by atoms with Gasteiger partial charge in [-0.25, -0.2) is 0 Å². The van der Waals surface area contributed by atoms with Crippen molar-refractivity contribution in [3.63, 3.8) is 0 Å². The molecule has 0 unspecified atom stereocenters. The van der Waals surface area contributed by atoms with Gasteiger partial charge < -0.3 is 0 Å². The summed E-state index contributed by atoms with van der Waals surface area (Å²) in [5.41, 5.74) is 0. The van der Waals surface area contributed by atoms with Crippen LogP contribution in [-0.2, 0) is 10.2 Å². The van der Waals surface area contributed by atoms with Gasteiger partial charge >= 0.3 is 10.2 Å². The molecule has 0 aliphatic rings. The molecule has 12 heavy (non-hydrogen) atoms. The SMILES string of the molecule is O=S(=O)(F)c1c(Br)cccc1Br. The molecule has 0 amide bonds. The molecule has 1 aromatic carbocycles. The van der Waals surface area contributed by atoms with Gasteiger partial charge in [0, 0.05) is 8.95 Å². The number of hydrogen-bond donors (Lipinski definition) is 0. The third-order valence-electron chi connectivity index (χ3n) is 1.16. The molecule has 0 fully saturated rings. The van der Waals surface area contributed by atoms with Gasteiger partial charge in [-0.2, -0.15) is 8.42 Å². The van der Waals surface area contributed by atoms with Gasteiger partial charge in [0.05, 0.1) is 0 Å². The highest BCUT2D eigenvalue weighted by Gasteiger charge is 2.19. The topological polar surface area (TPSA) is 34.1 Å². The highest BCUT2D eigenvalue weighted by Crippen LogP contribution is 2.30. The molecule has 0 radical (unpaired) electrons. The zero-order chi connectivity index (χ0) is 9.35. The predicted octanol–water partition coefficient (Wildman–Crippen LogP) is 2.87. The van der Waals surface area contributed by atoms with Crippen molar-refractivity contribution in [2.75, 3.05) is 0 Å². The first-order valence-electron chi connectivity index (χ1n) is 2.81. The van der Waals surface area contributed by atoms with E-state index in [1.165, 1.54) is 12.1 Å². The third kappa shape index (κ3) is 2.05. The Kier molecular flexibility index (Phi) is 2.90. The van der Waals surface area contributed by atoms with E-state index in [0.717, 1.165) is 0 Å². The quantitative estimate of drug-likeness (QED) is 0.746. The molecule has 0 atom stereocenters. The van der Waals surface area contributed by atoms with Gasteiger partial charge in [-0.3, -0.25) is 0 Å². The first kappa shape index (κ1) is 10.1. The summed E-state index contributed by atoms with van der Waals surface area (Å²) in [7, 11) is -4.66. The maximum atomic E-state index is 12.6. The zero-order valence-corrected chi connectivity index (χ0v) is 9.58. The molecular formula is C6H3Br2FO2S. The summed E-state index contributed by atoms with van der Waals surface area (Å²) in [6.45, 7) is 0. The Balaban J connectivity index is 3.53. The molecule has 1 aromatic rings. The van der Waals surface area contributed by atoms with Crippen molar-refractivity contribution in [2.24, 2.45) is 0 Å². The lowest BCUT2D eigenvalue weighted by molar-refractivity contribution is 0.551. The van der Waals surface area contributed by atoms with Crippen molar-refractivity contribution < 1.29 is 12.3 Å². The van der Waals surface area contributed by atoms with Crippen LogP contribution in [0.4, 0.5) is 3.89 Å². The Morgan fingerprint density at radius 1 is 1.17 bits per heavy atom. The Bertz CT molecular complexity index is 382. The van der Waals surface area contributed by atoms with E-state index in [0.29, 0.717) is 0 Å². The van der Waals surface area contributed by atoms with E-state index in [1.807, 2.05) is 0 Å². The normalized spacial score (nSPS) is 11.6. The molecule has 0 saturated carbocycles. The fourth-order valence-electron chi connectivity index (χ4n) is 0.715. The van der Waals surface area contributed by atoms with Crippen LogP contribution in [0.2, 0.25) is 0 Å². The average Bonchev–Trinajstić information content (AvgIpc) is 1.82. The van der Waals surface area contributed by atoms with Crippen LogP contribution in [0.1, 0.15) is 0 Å². The molecular weight excluding hydrogens is 315 g/mol. The van der Waals surface area contributed by atoms with Crippen molar-refractivity contribution in [3.05, 3.63) is 27.1 Å². The Hall–Kier alpha value is 0.0600. The largest absolute Gasteiger partial charge is 0.334 e. The molecule has 0 saturated heterocycles. The van der Waals surface area contributed by atoms with Crippen LogP contribution in [0.15, 0.2) is 32.0 Å². The Morgan fingerprint density at radius 2 is 1.58 bits per heavy atom. The lowest BCUT2D eigenvalue weighted by Gasteiger charge is -2.00. The van der Waals surface area contributed by atoms with Crippen molar-refractivity contribution >= 4 is 42.1 Å². The first-order chi connectivity index (χ1) is 5.43. The van der Waals surface area contributed by atoms with Crippen LogP contribution in [-0.4, -0.2) is 8.42 Å². The highest BCUT2D eigenvalue weighted by atomic mass is 79.9. The molecule has 0 aliphatic carbocycles. The van der Waals surface area contributed by atoms with Gasteiger partial charge in [0.1, 0.15) is 4.90 Å². The molecule has 2 nitrogen and oxygen atoms in total. The van der Waals surface area contributed by atoms with Crippen LogP contribution in [0.5, 0.6) is 0 Å². The van der Waals surface area contributed by atoms with Crippen molar-refractivity contribution in [1.29, 1.82) is 0 Å². The fourth-order valence-corrected chi connectivity index (χ4v) is 3.48. The highest BCUT2D eigenvalue weighted by molar-refractivity contribution is 9.11. The second kappa shape index (κ2) is 3.43. The van der Waals surface area contributed by atoms with Crippen molar-refractivity contribution in [1.82, 2.24) is 0 Å². The smallest absolute Gasteiger partial charge is 0.189 e. The maximum absolute atomic E-state index is 12.6. The minimum atomic E-state index is -4.66. The maximum Gasteiger partial charge on any atom is 0.334 e. The van der Waals surface area contributed by atoms with E-state index in [1.54, 1.807) is 6.07 Å². The Morgan fingerprint density at radius 3 is 1.83 bits per heavy atom. The van der Waals surface area contributed by atoms with Gasteiger partial charge in [0.2, 0.25) is 0 Å². The standard InChI is InChI=1S/C6H3Br2FO2S/c7-4-2-1-3-5(8)6(4)12(9,10)11/h1-3H. The molecule has 66 valence electrons. The number of benzene rings is 1. The third-order valence-corrected chi connectivity index (χ3v) is 3.94. The monoisotopic (exact) mass is 316 g/mol. The summed E-state index contributed by atoms with van der Waals surface area (Å²) in [6, 6.07) is 4.51. The van der Waals surface area contributed by atoms with Gasteiger partial charge in [-0.15, -0.1) is 3.89 Å². The van der Waals surface area contributed by atoms with Crippen LogP contribution < -0.4 is 0 Å². The van der Waals surface area contributed by atoms with E-state index in [4.69, 9.17) is 0 Å². The lowest BCUT2D eigenvalue weighted by Crippen LogP contribution is -1.94. The zero-order valence-electron chi connectivity index (χ0n) is 5.59. The van der Waals surface area contributed by atoms with E-state index in [9.17, 15) is 12.3 Å². The number of hydrogen-bond acceptors (Lipinski definition) is 2. The fraction of sp³-hybridized carbons (Fsp3) is 0. The summed E-state index contributed by atoms with van der Waals surface area (Å²) >= 11 is 5.87. The Labute approximate surface area is 86.3 Å².